The number of aromatic nitrogens is 4. The lowest BCUT2D eigenvalue weighted by atomic mass is 9.83. The van der Waals surface area contributed by atoms with Crippen LogP contribution in [-0.2, 0) is 16.0 Å². The number of nitrogens with zero attached hydrogens (tertiary/aromatic N) is 3. The molecule has 0 fully saturated rings. The average molecular weight is 409 g/mol. The van der Waals surface area contributed by atoms with Gasteiger partial charge >= 0.3 is 5.97 Å². The number of esters is 1. The summed E-state index contributed by atoms with van der Waals surface area (Å²) in [7, 11) is 0. The first-order chi connectivity index (χ1) is 11.8. The van der Waals surface area contributed by atoms with Gasteiger partial charge in [-0.3, -0.25) is 4.79 Å². The number of carbonyl (C=O) groups excluding carboxylic acids is 1. The van der Waals surface area contributed by atoms with Gasteiger partial charge in [0.1, 0.15) is 5.60 Å². The highest BCUT2D eigenvalue weighted by Crippen LogP contribution is 2.32. The summed E-state index contributed by atoms with van der Waals surface area (Å²) in [5.41, 5.74) is 0.588. The highest BCUT2D eigenvalue weighted by atomic mass is 79.9. The number of hydrogen-bond acceptors (Lipinski definition) is 5. The molecule has 6 nitrogen and oxygen atoms in total. The van der Waals surface area contributed by atoms with Crippen molar-refractivity contribution < 1.29 is 9.53 Å². The van der Waals surface area contributed by atoms with Crippen molar-refractivity contribution in [1.82, 2.24) is 20.6 Å². The first kappa shape index (κ1) is 19.6. The number of benzene rings is 1. The van der Waals surface area contributed by atoms with E-state index in [0.717, 1.165) is 16.5 Å². The van der Waals surface area contributed by atoms with E-state index in [9.17, 15) is 4.79 Å². The third kappa shape index (κ3) is 5.92. The number of rotatable bonds is 7. The van der Waals surface area contributed by atoms with Crippen LogP contribution in [0, 0.1) is 5.92 Å². The lowest BCUT2D eigenvalue weighted by Gasteiger charge is -2.27. The molecule has 25 heavy (non-hydrogen) atoms. The van der Waals surface area contributed by atoms with Crippen LogP contribution >= 0.6 is 15.9 Å². The fourth-order valence-electron chi connectivity index (χ4n) is 2.79. The van der Waals surface area contributed by atoms with E-state index in [2.05, 4.69) is 43.5 Å². The van der Waals surface area contributed by atoms with E-state index in [1.165, 1.54) is 0 Å². The van der Waals surface area contributed by atoms with Gasteiger partial charge in [-0.2, -0.15) is 5.21 Å². The van der Waals surface area contributed by atoms with Gasteiger partial charge in [-0.1, -0.05) is 46.6 Å². The summed E-state index contributed by atoms with van der Waals surface area (Å²) in [6.45, 7) is 7.70. The molecule has 0 aliphatic rings. The monoisotopic (exact) mass is 408 g/mol. The van der Waals surface area contributed by atoms with E-state index in [1.54, 1.807) is 0 Å². The van der Waals surface area contributed by atoms with Crippen LogP contribution in [0.2, 0.25) is 0 Å². The molecule has 0 radical (unpaired) electrons. The Morgan fingerprint density at radius 1 is 1.28 bits per heavy atom. The van der Waals surface area contributed by atoms with Crippen LogP contribution < -0.4 is 0 Å². The van der Waals surface area contributed by atoms with Gasteiger partial charge in [0.05, 0.1) is 5.92 Å². The number of halogens is 1. The Bertz CT molecular complexity index is 665. The van der Waals surface area contributed by atoms with Crippen LogP contribution in [-0.4, -0.2) is 32.2 Å². The van der Waals surface area contributed by atoms with Crippen molar-refractivity contribution >= 4 is 21.9 Å². The fourth-order valence-corrected chi connectivity index (χ4v) is 3.05. The molecule has 1 unspecified atom stereocenters. The molecule has 2 aromatic rings. The number of H-pyrrole nitrogens is 1. The van der Waals surface area contributed by atoms with E-state index in [1.807, 2.05) is 45.0 Å². The van der Waals surface area contributed by atoms with Gasteiger partial charge in [0.25, 0.3) is 0 Å². The van der Waals surface area contributed by atoms with Gasteiger partial charge < -0.3 is 4.74 Å². The topological polar surface area (TPSA) is 80.8 Å². The molecule has 1 heterocycles. The third-order valence-corrected chi connectivity index (χ3v) is 4.39. The maximum absolute atomic E-state index is 12.8. The molecule has 2 atom stereocenters. The van der Waals surface area contributed by atoms with Crippen LogP contribution in [0.25, 0.3) is 0 Å². The fraction of sp³-hybridized carbons (Fsp3) is 0.556. The van der Waals surface area contributed by atoms with Crippen LogP contribution in [0.5, 0.6) is 0 Å². The van der Waals surface area contributed by atoms with Crippen molar-refractivity contribution in [2.24, 2.45) is 5.92 Å². The second-order valence-electron chi connectivity index (χ2n) is 7.14. The number of hydrogen-bond donors (Lipinski definition) is 1. The van der Waals surface area contributed by atoms with Gasteiger partial charge in [-0.05, 0) is 51.3 Å². The predicted molar refractivity (Wildman–Crippen MR) is 99.0 cm³/mol. The van der Waals surface area contributed by atoms with Crippen molar-refractivity contribution in [2.45, 2.75) is 58.5 Å². The molecular weight excluding hydrogens is 384 g/mol. The maximum atomic E-state index is 12.8. The Labute approximate surface area is 156 Å². The zero-order chi connectivity index (χ0) is 18.4. The summed E-state index contributed by atoms with van der Waals surface area (Å²) in [6, 6.07) is 8.06. The molecule has 1 N–H and O–H groups in total. The summed E-state index contributed by atoms with van der Waals surface area (Å²) < 4.78 is 6.67. The zero-order valence-corrected chi connectivity index (χ0v) is 16.7. The molecule has 0 aliphatic heterocycles. The minimum absolute atomic E-state index is 0.185. The van der Waals surface area contributed by atoms with Crippen molar-refractivity contribution in [2.75, 3.05) is 0 Å². The molecule has 7 heteroatoms. The lowest BCUT2D eigenvalue weighted by molar-refractivity contribution is -0.161. The largest absolute Gasteiger partial charge is 0.460 e. The number of aromatic amines is 1. The van der Waals surface area contributed by atoms with E-state index in [-0.39, 0.29) is 17.8 Å². The standard InChI is InChI=1S/C18H25BrN4O2/c1-5-6-14(17(24)25-18(2,3)4)15(16-20-22-23-21-16)11-12-7-9-13(19)10-8-12/h7-10,14-15H,5-6,11H2,1-4H3,(H,20,21,22,23)/t14?,15-/m0/s1. The van der Waals surface area contributed by atoms with Crippen molar-refractivity contribution in [1.29, 1.82) is 0 Å². The maximum Gasteiger partial charge on any atom is 0.310 e. The van der Waals surface area contributed by atoms with E-state index in [4.69, 9.17) is 4.74 Å². The Morgan fingerprint density at radius 2 is 1.96 bits per heavy atom. The molecule has 0 saturated carbocycles. The number of nitrogens with one attached hydrogen (secondary N) is 1. The zero-order valence-electron chi connectivity index (χ0n) is 15.1. The molecule has 0 amide bonds. The lowest BCUT2D eigenvalue weighted by Crippen LogP contribution is -2.33. The Balaban J connectivity index is 2.30. The summed E-state index contributed by atoms with van der Waals surface area (Å²) in [6.07, 6.45) is 2.24. The predicted octanol–water partition coefficient (Wildman–Crippen LogP) is 4.05. The number of tetrazole rings is 1. The molecule has 0 bridgehead atoms. The Kier molecular flexibility index (Phi) is 6.70. The quantitative estimate of drug-likeness (QED) is 0.698. The molecule has 0 aliphatic carbocycles. The van der Waals surface area contributed by atoms with E-state index in [0.29, 0.717) is 18.7 Å². The van der Waals surface area contributed by atoms with Crippen LogP contribution in [0.1, 0.15) is 57.8 Å². The highest BCUT2D eigenvalue weighted by molar-refractivity contribution is 9.10. The summed E-state index contributed by atoms with van der Waals surface area (Å²) in [5.74, 6) is -0.159. The van der Waals surface area contributed by atoms with Crippen molar-refractivity contribution in [3.63, 3.8) is 0 Å². The minimum Gasteiger partial charge on any atom is -0.460 e. The third-order valence-electron chi connectivity index (χ3n) is 3.86. The second kappa shape index (κ2) is 8.56. The number of carbonyl (C=O) groups is 1. The van der Waals surface area contributed by atoms with E-state index >= 15 is 0 Å². The highest BCUT2D eigenvalue weighted by Gasteiger charge is 2.35. The van der Waals surface area contributed by atoms with Gasteiger partial charge in [0.2, 0.25) is 0 Å². The molecular formula is C18H25BrN4O2. The van der Waals surface area contributed by atoms with Gasteiger partial charge in [-0.25, -0.2) is 0 Å². The second-order valence-corrected chi connectivity index (χ2v) is 8.05. The van der Waals surface area contributed by atoms with Crippen molar-refractivity contribution in [3.8, 4) is 0 Å². The first-order valence-electron chi connectivity index (χ1n) is 8.50. The van der Waals surface area contributed by atoms with Crippen molar-refractivity contribution in [3.05, 3.63) is 40.1 Å². The minimum atomic E-state index is -0.525. The molecule has 2 rings (SSSR count). The summed E-state index contributed by atoms with van der Waals surface area (Å²) in [4.78, 5) is 12.8. The SMILES string of the molecule is CCCC(C(=O)OC(C)(C)C)[C@H](Cc1ccc(Br)cc1)c1nn[nH]n1. The van der Waals surface area contributed by atoms with Crippen LogP contribution in [0.3, 0.4) is 0 Å². The molecule has 0 saturated heterocycles. The van der Waals surface area contributed by atoms with Gasteiger partial charge in [0.15, 0.2) is 5.82 Å². The van der Waals surface area contributed by atoms with Crippen LogP contribution in [0.4, 0.5) is 0 Å². The Morgan fingerprint density at radius 3 is 2.48 bits per heavy atom. The first-order valence-corrected chi connectivity index (χ1v) is 9.30. The molecule has 1 aromatic heterocycles. The number of ether oxygens (including phenoxy) is 1. The van der Waals surface area contributed by atoms with E-state index < -0.39 is 5.60 Å². The smallest absolute Gasteiger partial charge is 0.310 e. The van der Waals surface area contributed by atoms with Gasteiger partial charge in [-0.15, -0.1) is 10.2 Å². The molecule has 136 valence electrons. The molecule has 1 aromatic carbocycles. The normalized spacial score (nSPS) is 14.1. The average Bonchev–Trinajstić information content (AvgIpc) is 3.05. The van der Waals surface area contributed by atoms with Gasteiger partial charge in [0, 0.05) is 10.4 Å². The Hall–Kier alpha value is -1.76. The summed E-state index contributed by atoms with van der Waals surface area (Å²) >= 11 is 3.45. The van der Waals surface area contributed by atoms with Crippen LogP contribution in [0.15, 0.2) is 28.7 Å². The summed E-state index contributed by atoms with van der Waals surface area (Å²) in [5, 5.41) is 14.5. The molecule has 0 spiro atoms.